The van der Waals surface area contributed by atoms with E-state index in [0.717, 1.165) is 0 Å². The van der Waals surface area contributed by atoms with Crippen molar-refractivity contribution >= 4 is 15.2 Å². The molecule has 4 N–H and O–H groups in total. The summed E-state index contributed by atoms with van der Waals surface area (Å²) in [6.45, 7) is -0.631. The van der Waals surface area contributed by atoms with Crippen LogP contribution in [0.5, 0.6) is 0 Å². The van der Waals surface area contributed by atoms with E-state index in [1.165, 1.54) is 0 Å². The number of aliphatic hydroxyl groups is 4. The highest BCUT2D eigenvalue weighted by Gasteiger charge is 2.41. The Morgan fingerprint density at radius 3 is 2.29 bits per heavy atom. The number of rotatable bonds is 1. The van der Waals surface area contributed by atoms with E-state index < -0.39 is 46.4 Å². The molecule has 1 heterocycles. The van der Waals surface area contributed by atoms with Crippen molar-refractivity contribution in [2.45, 2.75) is 24.6 Å². The third-order valence-corrected chi connectivity index (χ3v) is 2.74. The molecule has 0 radical (unpaired) electrons. The van der Waals surface area contributed by atoms with Crippen LogP contribution in [-0.4, -0.2) is 64.9 Å². The summed E-state index contributed by atoms with van der Waals surface area (Å²) in [5, 5.41) is 36.2. The first-order valence-electron chi connectivity index (χ1n) is 3.75. The summed E-state index contributed by atoms with van der Waals surface area (Å²) in [5.74, 6) is 0. The largest absolute Gasteiger partial charge is 0.394 e. The lowest BCUT2D eigenvalue weighted by Crippen LogP contribution is -2.56. The maximum absolute atomic E-state index is 10.5. The molecule has 0 aliphatic carbocycles. The van der Waals surface area contributed by atoms with Crippen LogP contribution in [0.4, 0.5) is 0 Å². The van der Waals surface area contributed by atoms with Gasteiger partial charge in [0.2, 0.25) is 10.3 Å². The van der Waals surface area contributed by atoms with Gasteiger partial charge in [0.15, 0.2) is 6.29 Å². The summed E-state index contributed by atoms with van der Waals surface area (Å²) in [6.07, 6.45) is -6.36. The molecule has 0 aromatic rings. The molecule has 1 fully saturated rings. The van der Waals surface area contributed by atoms with Crippen molar-refractivity contribution in [1.82, 2.24) is 0 Å². The van der Waals surface area contributed by atoms with Gasteiger partial charge in [-0.25, -0.2) is 0 Å². The highest BCUT2D eigenvalue weighted by Crippen LogP contribution is 2.16. The lowest BCUT2D eigenvalue weighted by atomic mass is 10.0. The van der Waals surface area contributed by atoms with E-state index in [0.29, 0.717) is 0 Å². The third kappa shape index (κ3) is 1.95. The Morgan fingerprint density at radius 2 is 1.86 bits per heavy atom. The van der Waals surface area contributed by atoms with E-state index in [9.17, 15) is 18.6 Å². The van der Waals surface area contributed by atoms with Crippen LogP contribution in [0.25, 0.3) is 0 Å². The minimum absolute atomic E-state index is 0.631. The lowest BCUT2D eigenvalue weighted by Gasteiger charge is -2.33. The lowest BCUT2D eigenvalue weighted by molar-refractivity contribution is -0.179. The van der Waals surface area contributed by atoms with Crippen molar-refractivity contribution in [3.05, 3.63) is 0 Å². The number of ether oxygens (including phenoxy) is 1. The predicted octanol–water partition coefficient (Wildman–Crippen LogP) is -3.53. The number of hydrogen-bond acceptors (Lipinski definition) is 7. The molecule has 0 aromatic heterocycles. The highest BCUT2D eigenvalue weighted by atomic mass is 32.2. The number of aliphatic hydroxyl groups excluding tert-OH is 4. The van der Waals surface area contributed by atoms with Crippen LogP contribution in [0.3, 0.4) is 0 Å². The van der Waals surface area contributed by atoms with Crippen molar-refractivity contribution in [2.24, 2.45) is 0 Å². The predicted molar refractivity (Wildman–Crippen MR) is 43.9 cm³/mol. The normalized spacial score (nSPS) is 38.4. The van der Waals surface area contributed by atoms with Crippen molar-refractivity contribution in [2.75, 3.05) is 6.61 Å². The van der Waals surface area contributed by atoms with E-state index in [-0.39, 0.29) is 0 Å². The fraction of sp³-hybridized carbons (Fsp3) is 0.833. The van der Waals surface area contributed by atoms with Gasteiger partial charge in [0, 0.05) is 0 Å². The summed E-state index contributed by atoms with van der Waals surface area (Å²) >= 11 is 0. The van der Waals surface area contributed by atoms with Gasteiger partial charge < -0.3 is 25.2 Å². The molecule has 1 aliphatic rings. The number of hydrogen-bond donors (Lipinski definition) is 4. The van der Waals surface area contributed by atoms with E-state index in [4.69, 9.17) is 10.2 Å². The summed E-state index contributed by atoms with van der Waals surface area (Å²) in [4.78, 5) is -0.734. The molecule has 14 heavy (non-hydrogen) atoms. The molecule has 0 spiro atoms. The third-order valence-electron chi connectivity index (χ3n) is 1.92. The second-order valence-electron chi connectivity index (χ2n) is 2.78. The van der Waals surface area contributed by atoms with Crippen LogP contribution >= 0.6 is 0 Å². The SMILES string of the molecule is O=S(=O)=C1C(O)O[C@H](CO)[C@@H](O)[C@@H]1O. The van der Waals surface area contributed by atoms with Crippen LogP contribution in [0.1, 0.15) is 0 Å². The molecule has 7 nitrogen and oxygen atoms in total. The standard InChI is InChI=1S/C6H10O7S/c7-1-2-3(8)4(9)5(14(11)12)6(10)13-2/h2-4,6-10H,1H2/t2-,3-,4+,6?/m1/s1. The molecule has 8 heteroatoms. The van der Waals surface area contributed by atoms with Gasteiger partial charge in [0.05, 0.1) is 6.61 Å². The van der Waals surface area contributed by atoms with Crippen molar-refractivity contribution in [1.29, 1.82) is 0 Å². The van der Waals surface area contributed by atoms with Gasteiger partial charge in [0.1, 0.15) is 23.2 Å². The van der Waals surface area contributed by atoms with Crippen LogP contribution in [0.15, 0.2) is 0 Å². The second kappa shape index (κ2) is 4.34. The van der Waals surface area contributed by atoms with Crippen LogP contribution in [0, 0.1) is 0 Å². The van der Waals surface area contributed by atoms with Gasteiger partial charge in [-0.3, -0.25) is 0 Å². The molecule has 1 saturated heterocycles. The van der Waals surface area contributed by atoms with E-state index in [1.54, 1.807) is 0 Å². The van der Waals surface area contributed by atoms with Gasteiger partial charge in [0.25, 0.3) is 0 Å². The van der Waals surface area contributed by atoms with Crippen molar-refractivity contribution < 1.29 is 33.6 Å². The highest BCUT2D eigenvalue weighted by molar-refractivity contribution is 7.73. The molecule has 0 aromatic carbocycles. The van der Waals surface area contributed by atoms with Crippen LogP contribution in [-0.2, 0) is 15.0 Å². The second-order valence-corrected chi connectivity index (χ2v) is 3.72. The minimum Gasteiger partial charge on any atom is -0.394 e. The van der Waals surface area contributed by atoms with Gasteiger partial charge in [-0.2, -0.15) is 8.42 Å². The summed E-state index contributed by atoms with van der Waals surface area (Å²) in [7, 11) is -2.85. The Hall–Kier alpha value is -0.510. The van der Waals surface area contributed by atoms with Gasteiger partial charge in [-0.15, -0.1) is 0 Å². The molecular weight excluding hydrogens is 216 g/mol. The molecule has 4 atom stereocenters. The summed E-state index contributed by atoms with van der Waals surface area (Å²) in [5.41, 5.74) is 0. The first kappa shape index (κ1) is 11.6. The van der Waals surface area contributed by atoms with Crippen LogP contribution < -0.4 is 0 Å². The van der Waals surface area contributed by atoms with Crippen LogP contribution in [0.2, 0.25) is 0 Å². The average molecular weight is 226 g/mol. The zero-order chi connectivity index (χ0) is 10.9. The first-order valence-corrected chi connectivity index (χ1v) is 4.83. The zero-order valence-electron chi connectivity index (χ0n) is 6.94. The molecule has 0 amide bonds. The summed E-state index contributed by atoms with van der Waals surface area (Å²) in [6, 6.07) is 0. The smallest absolute Gasteiger partial charge is 0.221 e. The molecule has 0 bridgehead atoms. The van der Waals surface area contributed by atoms with Gasteiger partial charge >= 0.3 is 0 Å². The first-order chi connectivity index (χ1) is 6.49. The van der Waals surface area contributed by atoms with Crippen molar-refractivity contribution in [3.63, 3.8) is 0 Å². The Kier molecular flexibility index (Phi) is 3.59. The Bertz CT molecular complexity index is 326. The Balaban J connectivity index is 3.03. The fourth-order valence-electron chi connectivity index (χ4n) is 1.16. The average Bonchev–Trinajstić information content (AvgIpc) is 2.10. The Morgan fingerprint density at radius 1 is 1.29 bits per heavy atom. The van der Waals surface area contributed by atoms with Gasteiger partial charge in [-0.05, 0) is 0 Å². The molecule has 1 rings (SSSR count). The molecule has 82 valence electrons. The summed E-state index contributed by atoms with van der Waals surface area (Å²) < 4.78 is 25.6. The monoisotopic (exact) mass is 226 g/mol. The molecule has 1 unspecified atom stereocenters. The van der Waals surface area contributed by atoms with E-state index >= 15 is 0 Å². The van der Waals surface area contributed by atoms with E-state index in [1.807, 2.05) is 0 Å². The maximum atomic E-state index is 10.5. The maximum Gasteiger partial charge on any atom is 0.221 e. The minimum atomic E-state index is -2.85. The quantitative estimate of drug-likeness (QED) is 0.341. The molecular formula is C6H10O7S. The molecule has 0 saturated carbocycles. The van der Waals surface area contributed by atoms with E-state index in [2.05, 4.69) is 4.74 Å². The Labute approximate surface area is 80.7 Å². The zero-order valence-corrected chi connectivity index (χ0v) is 7.75. The van der Waals surface area contributed by atoms with Gasteiger partial charge in [-0.1, -0.05) is 0 Å². The topological polar surface area (TPSA) is 124 Å². The molecule has 1 aliphatic heterocycles. The fourth-order valence-corrected chi connectivity index (χ4v) is 1.72. The van der Waals surface area contributed by atoms with Crippen molar-refractivity contribution in [3.8, 4) is 0 Å².